The molecule has 1 unspecified atom stereocenters. The summed E-state index contributed by atoms with van der Waals surface area (Å²) in [6.07, 6.45) is 6.94. The van der Waals surface area contributed by atoms with Gasteiger partial charge < -0.3 is 14.8 Å². The number of rotatable bonds is 4. The minimum Gasteiger partial charge on any atom is -0.361 e. The lowest BCUT2D eigenvalue weighted by Gasteiger charge is -2.37. The first-order valence-corrected chi connectivity index (χ1v) is 8.13. The maximum absolute atomic E-state index is 12.9. The van der Waals surface area contributed by atoms with E-state index in [9.17, 15) is 4.79 Å². The summed E-state index contributed by atoms with van der Waals surface area (Å²) in [5.41, 5.74) is 3.60. The van der Waals surface area contributed by atoms with E-state index in [1.54, 1.807) is 23.5 Å². The van der Waals surface area contributed by atoms with Gasteiger partial charge in [0.05, 0.1) is 11.9 Å². The van der Waals surface area contributed by atoms with Gasteiger partial charge in [-0.2, -0.15) is 0 Å². The molecular weight excluding hydrogens is 312 g/mol. The van der Waals surface area contributed by atoms with Crippen molar-refractivity contribution < 1.29 is 4.79 Å². The maximum atomic E-state index is 12.9. The number of nitrogens with zero attached hydrogens (tertiary/aromatic N) is 3. The number of benzene rings is 2. The fourth-order valence-electron chi connectivity index (χ4n) is 3.12. The Balaban J connectivity index is 1.70. The molecule has 1 amide bonds. The van der Waals surface area contributed by atoms with Gasteiger partial charge in [0.2, 0.25) is 0 Å². The number of hydrogen-bond donors (Lipinski definition) is 1. The Morgan fingerprint density at radius 2 is 1.96 bits per heavy atom. The van der Waals surface area contributed by atoms with E-state index in [1.807, 2.05) is 59.3 Å². The molecule has 2 heterocycles. The zero-order chi connectivity index (χ0) is 17.2. The van der Waals surface area contributed by atoms with Crippen LogP contribution in [-0.2, 0) is 0 Å². The van der Waals surface area contributed by atoms with Gasteiger partial charge in [0, 0.05) is 30.3 Å². The second kappa shape index (κ2) is 6.28. The van der Waals surface area contributed by atoms with E-state index in [1.165, 1.54) is 0 Å². The summed E-state index contributed by atoms with van der Waals surface area (Å²) in [5, 5.41) is 3.47. The lowest BCUT2D eigenvalue weighted by molar-refractivity contribution is 0.0707. The largest absolute Gasteiger partial charge is 0.361 e. The summed E-state index contributed by atoms with van der Waals surface area (Å²) in [5.74, 6) is 0.0120. The first-order valence-electron chi connectivity index (χ1n) is 8.13. The van der Waals surface area contributed by atoms with E-state index < -0.39 is 0 Å². The van der Waals surface area contributed by atoms with Crippen LogP contribution >= 0.6 is 0 Å². The molecule has 1 aliphatic heterocycles. The van der Waals surface area contributed by atoms with Crippen LogP contribution in [0.3, 0.4) is 0 Å². The number of imidazole rings is 1. The summed E-state index contributed by atoms with van der Waals surface area (Å²) < 4.78 is 1.94. The molecule has 25 heavy (non-hydrogen) atoms. The highest BCUT2D eigenvalue weighted by molar-refractivity contribution is 6.01. The van der Waals surface area contributed by atoms with Gasteiger partial charge in [-0.25, -0.2) is 4.98 Å². The summed E-state index contributed by atoms with van der Waals surface area (Å²) in [6.45, 7) is 4.27. The smallest absolute Gasteiger partial charge is 0.258 e. The van der Waals surface area contributed by atoms with Crippen LogP contribution in [0.4, 0.5) is 5.69 Å². The second-order valence-corrected chi connectivity index (χ2v) is 5.90. The van der Waals surface area contributed by atoms with E-state index in [2.05, 4.69) is 16.9 Å². The van der Waals surface area contributed by atoms with Crippen molar-refractivity contribution >= 4 is 11.6 Å². The number of carbonyl (C=O) groups excluding carboxylic acids is 1. The number of hydrogen-bond acceptors (Lipinski definition) is 3. The van der Waals surface area contributed by atoms with Crippen molar-refractivity contribution in [1.29, 1.82) is 0 Å². The highest BCUT2D eigenvalue weighted by Gasteiger charge is 2.31. The highest BCUT2D eigenvalue weighted by atomic mass is 16.2. The van der Waals surface area contributed by atoms with Gasteiger partial charge in [-0.05, 0) is 29.8 Å². The molecule has 4 rings (SSSR count). The number of aromatic nitrogens is 2. The molecule has 0 bridgehead atoms. The van der Waals surface area contributed by atoms with Crippen LogP contribution in [0.25, 0.3) is 5.69 Å². The van der Waals surface area contributed by atoms with Gasteiger partial charge in [-0.15, -0.1) is 6.58 Å². The van der Waals surface area contributed by atoms with E-state index in [4.69, 9.17) is 0 Å². The first kappa shape index (κ1) is 15.2. The van der Waals surface area contributed by atoms with E-state index in [0.717, 1.165) is 16.9 Å². The van der Waals surface area contributed by atoms with Crippen molar-refractivity contribution in [3.8, 4) is 5.69 Å². The van der Waals surface area contributed by atoms with Crippen LogP contribution < -0.4 is 5.32 Å². The Hall–Kier alpha value is -3.34. The summed E-state index contributed by atoms with van der Waals surface area (Å²) >= 11 is 0. The van der Waals surface area contributed by atoms with Gasteiger partial charge in [-0.3, -0.25) is 4.79 Å². The predicted molar refractivity (Wildman–Crippen MR) is 97.6 cm³/mol. The molecule has 1 N–H and O–H groups in total. The monoisotopic (exact) mass is 330 g/mol. The molecule has 0 spiro atoms. The average Bonchev–Trinajstić information content (AvgIpc) is 3.19. The Morgan fingerprint density at radius 1 is 1.16 bits per heavy atom. The number of anilines is 1. The summed E-state index contributed by atoms with van der Waals surface area (Å²) in [7, 11) is 0. The van der Waals surface area contributed by atoms with Crippen molar-refractivity contribution in [2.75, 3.05) is 11.9 Å². The second-order valence-electron chi connectivity index (χ2n) is 5.90. The van der Waals surface area contributed by atoms with Crippen molar-refractivity contribution in [1.82, 2.24) is 14.5 Å². The van der Waals surface area contributed by atoms with Crippen LogP contribution in [0.15, 0.2) is 79.9 Å². The van der Waals surface area contributed by atoms with E-state index >= 15 is 0 Å². The molecule has 1 aliphatic rings. The minimum absolute atomic E-state index is 0.0120. The van der Waals surface area contributed by atoms with Gasteiger partial charge >= 0.3 is 0 Å². The molecule has 0 aliphatic carbocycles. The SMILES string of the molecule is C=CCN1C(=O)c2ccccc2NC1c1ccc(-n2ccnc2)cc1. The highest BCUT2D eigenvalue weighted by Crippen LogP contribution is 2.33. The third-order valence-electron chi connectivity index (χ3n) is 4.36. The Bertz CT molecular complexity index is 900. The van der Waals surface area contributed by atoms with Crippen molar-refractivity contribution in [3.05, 3.63) is 91.0 Å². The zero-order valence-corrected chi connectivity index (χ0v) is 13.7. The van der Waals surface area contributed by atoms with Gasteiger partial charge in [0.1, 0.15) is 6.17 Å². The summed E-state index contributed by atoms with van der Waals surface area (Å²) in [4.78, 5) is 18.7. The van der Waals surface area contributed by atoms with Crippen LogP contribution in [0, 0.1) is 0 Å². The molecule has 5 heteroatoms. The number of amides is 1. The standard InChI is InChI=1S/C20H18N4O/c1-2-12-24-19(22-18-6-4-3-5-17(18)20(24)25)15-7-9-16(10-8-15)23-13-11-21-14-23/h2-11,13-14,19,22H,1,12H2. The number of para-hydroxylation sites is 1. The molecule has 1 aromatic heterocycles. The van der Waals surface area contributed by atoms with Gasteiger partial charge in [0.15, 0.2) is 0 Å². The van der Waals surface area contributed by atoms with Crippen molar-refractivity contribution in [2.24, 2.45) is 0 Å². The van der Waals surface area contributed by atoms with Crippen molar-refractivity contribution in [2.45, 2.75) is 6.17 Å². The predicted octanol–water partition coefficient (Wildman–Crippen LogP) is 3.62. The summed E-state index contributed by atoms with van der Waals surface area (Å²) in [6, 6.07) is 15.7. The van der Waals surface area contributed by atoms with Crippen LogP contribution in [0.5, 0.6) is 0 Å². The van der Waals surface area contributed by atoms with Crippen LogP contribution in [0.2, 0.25) is 0 Å². The first-order chi connectivity index (χ1) is 12.3. The molecule has 0 saturated carbocycles. The molecule has 5 nitrogen and oxygen atoms in total. The van der Waals surface area contributed by atoms with Crippen LogP contribution in [0.1, 0.15) is 22.1 Å². The molecule has 1 atom stereocenters. The third kappa shape index (κ3) is 2.70. The maximum Gasteiger partial charge on any atom is 0.258 e. The Kier molecular flexibility index (Phi) is 3.82. The van der Waals surface area contributed by atoms with Gasteiger partial charge in [0.25, 0.3) is 5.91 Å². The molecule has 3 aromatic rings. The third-order valence-corrected chi connectivity index (χ3v) is 4.36. The Labute approximate surface area is 146 Å². The topological polar surface area (TPSA) is 50.2 Å². The van der Waals surface area contributed by atoms with Crippen LogP contribution in [-0.4, -0.2) is 26.9 Å². The van der Waals surface area contributed by atoms with Crippen molar-refractivity contribution in [3.63, 3.8) is 0 Å². The molecule has 0 radical (unpaired) electrons. The Morgan fingerprint density at radius 3 is 2.68 bits per heavy atom. The van der Waals surface area contributed by atoms with E-state index in [0.29, 0.717) is 12.1 Å². The van der Waals surface area contributed by atoms with E-state index in [-0.39, 0.29) is 12.1 Å². The molecule has 0 saturated heterocycles. The fourth-order valence-corrected chi connectivity index (χ4v) is 3.12. The zero-order valence-electron chi connectivity index (χ0n) is 13.7. The molecule has 0 fully saturated rings. The molecule has 124 valence electrons. The normalized spacial score (nSPS) is 16.2. The lowest BCUT2D eigenvalue weighted by Crippen LogP contribution is -2.42. The quantitative estimate of drug-likeness (QED) is 0.743. The molecular formula is C20H18N4O. The number of carbonyl (C=O) groups is 1. The molecule has 2 aromatic carbocycles. The lowest BCUT2D eigenvalue weighted by atomic mass is 10.0. The average molecular weight is 330 g/mol. The number of fused-ring (bicyclic) bond motifs is 1. The van der Waals surface area contributed by atoms with Gasteiger partial charge in [-0.1, -0.05) is 30.3 Å². The minimum atomic E-state index is -0.225. The number of nitrogens with one attached hydrogen (secondary N) is 1. The fraction of sp³-hybridized carbons (Fsp3) is 0.100.